The van der Waals surface area contributed by atoms with Gasteiger partial charge in [-0.25, -0.2) is 9.13 Å². The van der Waals surface area contributed by atoms with Gasteiger partial charge in [0.1, 0.15) is 11.0 Å². The molecule has 4 aromatic rings. The number of imidazole rings is 1. The van der Waals surface area contributed by atoms with E-state index in [1.165, 1.54) is 11.1 Å². The molecule has 0 spiro atoms. The van der Waals surface area contributed by atoms with E-state index in [2.05, 4.69) is 81.9 Å². The first-order valence-corrected chi connectivity index (χ1v) is 8.17. The molecule has 0 fully saturated rings. The number of benzene rings is 3. The summed E-state index contributed by atoms with van der Waals surface area (Å²) in [5.74, 6) is 0.781. The molecule has 1 aromatic heterocycles. The molecule has 126 valence electrons. The Labute approximate surface area is 158 Å². The van der Waals surface area contributed by atoms with Crippen molar-refractivity contribution in [2.24, 2.45) is 0 Å². The molecule has 0 aliphatic heterocycles. The molecule has 0 amide bonds. The maximum atomic E-state index is 6.54. The second-order valence-corrected chi connectivity index (χ2v) is 5.99. The largest absolute Gasteiger partial charge is 1.00 e. The van der Waals surface area contributed by atoms with Gasteiger partial charge in [-0.3, -0.25) is 5.73 Å². The van der Waals surface area contributed by atoms with Gasteiger partial charge in [0, 0.05) is 0 Å². The lowest BCUT2D eigenvalue weighted by atomic mass is 10.2. The number of nitrogens with two attached hydrogens (primary N) is 1. The number of hydrogen-bond donors (Lipinski definition) is 1. The average Bonchev–Trinajstić information content (AvgIpc) is 2.90. The number of halogens is 1. The van der Waals surface area contributed by atoms with E-state index in [0.29, 0.717) is 0 Å². The van der Waals surface area contributed by atoms with Crippen molar-refractivity contribution in [2.75, 3.05) is 5.73 Å². The fourth-order valence-electron chi connectivity index (χ4n) is 3.18. The summed E-state index contributed by atoms with van der Waals surface area (Å²) in [4.78, 5) is 0. The summed E-state index contributed by atoms with van der Waals surface area (Å²) in [5, 5.41) is 0. The van der Waals surface area contributed by atoms with Gasteiger partial charge in [0.05, 0.1) is 13.1 Å². The Morgan fingerprint density at radius 2 is 1.28 bits per heavy atom. The number of rotatable bonds is 4. The second-order valence-electron chi connectivity index (χ2n) is 5.99. The van der Waals surface area contributed by atoms with Crippen molar-refractivity contribution < 1.29 is 21.5 Å². The Hall–Kier alpha value is -2.59. The van der Waals surface area contributed by atoms with Crippen LogP contribution in [0.1, 0.15) is 11.1 Å². The maximum absolute atomic E-state index is 6.54. The van der Waals surface area contributed by atoms with Crippen LogP contribution in [0.2, 0.25) is 0 Å². The molecule has 0 unspecified atom stereocenters. The Bertz CT molecular complexity index is 884. The summed E-state index contributed by atoms with van der Waals surface area (Å²) in [7, 11) is 0. The molecule has 0 atom stereocenters. The Kier molecular flexibility index (Phi) is 5.19. The third-order valence-corrected chi connectivity index (χ3v) is 4.38. The average molecular weight is 394 g/mol. The highest BCUT2D eigenvalue weighted by molar-refractivity contribution is 5.74. The monoisotopic (exact) mass is 393 g/mol. The zero-order valence-corrected chi connectivity index (χ0v) is 15.4. The Morgan fingerprint density at radius 3 is 1.96 bits per heavy atom. The lowest BCUT2D eigenvalue weighted by Crippen LogP contribution is -3.00. The predicted octanol–water partition coefficient (Wildman–Crippen LogP) is 0.612. The number of nitrogens with zero attached hydrogens (tertiary/aromatic N) is 2. The van der Waals surface area contributed by atoms with Crippen molar-refractivity contribution in [3.63, 3.8) is 0 Å². The molecule has 3 nitrogen and oxygen atoms in total. The SMILES string of the molecule is Nc1n(Cc2ccccc2)c2ccccc2[n+]1Cc1ccccc1.[Br-]. The van der Waals surface area contributed by atoms with Crippen LogP contribution in [0.4, 0.5) is 5.95 Å². The van der Waals surface area contributed by atoms with Gasteiger partial charge in [-0.15, -0.1) is 0 Å². The molecule has 25 heavy (non-hydrogen) atoms. The Morgan fingerprint density at radius 1 is 0.720 bits per heavy atom. The molecule has 0 aliphatic rings. The topological polar surface area (TPSA) is 34.8 Å². The van der Waals surface area contributed by atoms with E-state index >= 15 is 0 Å². The minimum absolute atomic E-state index is 0. The van der Waals surface area contributed by atoms with E-state index in [1.807, 2.05) is 12.1 Å². The van der Waals surface area contributed by atoms with Crippen LogP contribution < -0.4 is 27.3 Å². The van der Waals surface area contributed by atoms with Crippen molar-refractivity contribution in [3.05, 3.63) is 96.1 Å². The zero-order valence-electron chi connectivity index (χ0n) is 13.8. The highest BCUT2D eigenvalue weighted by Crippen LogP contribution is 2.18. The van der Waals surface area contributed by atoms with Crippen LogP contribution in [0, 0.1) is 0 Å². The molecule has 3 aromatic carbocycles. The fourth-order valence-corrected chi connectivity index (χ4v) is 3.18. The van der Waals surface area contributed by atoms with Crippen LogP contribution in [0.5, 0.6) is 0 Å². The molecule has 0 bridgehead atoms. The molecular formula is C21H20BrN3. The number of nitrogen functional groups attached to an aromatic ring is 1. The number of hydrogen-bond acceptors (Lipinski definition) is 1. The second kappa shape index (κ2) is 7.53. The van der Waals surface area contributed by atoms with E-state index < -0.39 is 0 Å². The third kappa shape index (κ3) is 3.44. The molecule has 4 rings (SSSR count). The summed E-state index contributed by atoms with van der Waals surface area (Å²) >= 11 is 0. The van der Waals surface area contributed by atoms with E-state index in [1.54, 1.807) is 0 Å². The van der Waals surface area contributed by atoms with Crippen molar-refractivity contribution in [2.45, 2.75) is 13.1 Å². The maximum Gasteiger partial charge on any atom is 0.356 e. The van der Waals surface area contributed by atoms with Crippen molar-refractivity contribution in [3.8, 4) is 0 Å². The number of anilines is 1. The third-order valence-electron chi connectivity index (χ3n) is 4.38. The molecule has 0 saturated carbocycles. The van der Waals surface area contributed by atoms with Crippen LogP contribution >= 0.6 is 0 Å². The summed E-state index contributed by atoms with van der Waals surface area (Å²) in [6.45, 7) is 1.55. The molecule has 4 heteroatoms. The van der Waals surface area contributed by atoms with Crippen molar-refractivity contribution >= 4 is 17.0 Å². The van der Waals surface area contributed by atoms with Gasteiger partial charge in [0.2, 0.25) is 0 Å². The van der Waals surface area contributed by atoms with Crippen LogP contribution in [0.15, 0.2) is 84.9 Å². The van der Waals surface area contributed by atoms with E-state index in [9.17, 15) is 0 Å². The smallest absolute Gasteiger partial charge is 0.356 e. The van der Waals surface area contributed by atoms with Gasteiger partial charge in [-0.05, 0) is 23.3 Å². The molecule has 0 radical (unpaired) electrons. The number of para-hydroxylation sites is 2. The van der Waals surface area contributed by atoms with Crippen LogP contribution in [0.25, 0.3) is 11.0 Å². The number of fused-ring (bicyclic) bond motifs is 1. The van der Waals surface area contributed by atoms with Crippen LogP contribution in [-0.2, 0) is 13.1 Å². The summed E-state index contributed by atoms with van der Waals surface area (Å²) in [6, 6.07) is 29.3. The lowest BCUT2D eigenvalue weighted by Gasteiger charge is -2.03. The summed E-state index contributed by atoms with van der Waals surface area (Å²) < 4.78 is 4.38. The van der Waals surface area contributed by atoms with Crippen molar-refractivity contribution in [1.82, 2.24) is 4.57 Å². The molecule has 1 heterocycles. The predicted molar refractivity (Wildman–Crippen MR) is 97.6 cm³/mol. The van der Waals surface area contributed by atoms with Gasteiger partial charge >= 0.3 is 5.95 Å². The van der Waals surface area contributed by atoms with Gasteiger partial charge in [0.15, 0.2) is 0 Å². The number of aromatic nitrogens is 2. The first-order chi connectivity index (χ1) is 11.8. The first kappa shape index (κ1) is 17.2. The standard InChI is InChI=1S/C21H19N3.BrH/c22-21-23(15-17-9-3-1-4-10-17)19-13-7-8-14-20(19)24(21)16-18-11-5-2-6-12-18;/h1-14,22H,15-16H2;1H. The zero-order chi connectivity index (χ0) is 16.4. The van der Waals surface area contributed by atoms with Crippen molar-refractivity contribution in [1.29, 1.82) is 0 Å². The summed E-state index contributed by atoms with van der Waals surface area (Å²) in [5.41, 5.74) is 11.4. The van der Waals surface area contributed by atoms with E-state index in [-0.39, 0.29) is 17.0 Å². The molecular weight excluding hydrogens is 374 g/mol. The summed E-state index contributed by atoms with van der Waals surface area (Å²) in [6.07, 6.45) is 0. The van der Waals surface area contributed by atoms with Gasteiger partial charge in [-0.2, -0.15) is 0 Å². The minimum Gasteiger partial charge on any atom is -1.00 e. The van der Waals surface area contributed by atoms with Gasteiger partial charge in [0.25, 0.3) is 0 Å². The van der Waals surface area contributed by atoms with Crippen LogP contribution in [0.3, 0.4) is 0 Å². The van der Waals surface area contributed by atoms with Crippen LogP contribution in [-0.4, -0.2) is 4.57 Å². The fraction of sp³-hybridized carbons (Fsp3) is 0.0952. The van der Waals surface area contributed by atoms with Gasteiger partial charge < -0.3 is 17.0 Å². The normalized spacial score (nSPS) is 10.6. The van der Waals surface area contributed by atoms with Gasteiger partial charge in [-0.1, -0.05) is 72.8 Å². The van der Waals surface area contributed by atoms with E-state index in [4.69, 9.17) is 5.73 Å². The molecule has 2 N–H and O–H groups in total. The lowest BCUT2D eigenvalue weighted by molar-refractivity contribution is -0.648. The Balaban J connectivity index is 0.00000182. The molecule has 0 saturated heterocycles. The first-order valence-electron chi connectivity index (χ1n) is 8.17. The highest BCUT2D eigenvalue weighted by Gasteiger charge is 2.20. The minimum atomic E-state index is 0. The molecule has 0 aliphatic carbocycles. The van der Waals surface area contributed by atoms with E-state index in [0.717, 1.165) is 30.1 Å². The quantitative estimate of drug-likeness (QED) is 0.506. The highest BCUT2D eigenvalue weighted by atomic mass is 79.9.